The van der Waals surface area contributed by atoms with E-state index in [4.69, 9.17) is 29.0 Å². The van der Waals surface area contributed by atoms with Gasteiger partial charge in [-0.1, -0.05) is 142 Å². The van der Waals surface area contributed by atoms with Gasteiger partial charge in [0.05, 0.1) is 13.2 Å². The molecule has 0 saturated heterocycles. The van der Waals surface area contributed by atoms with Gasteiger partial charge in [0.15, 0.2) is 0 Å². The van der Waals surface area contributed by atoms with Crippen molar-refractivity contribution in [2.24, 2.45) is 0 Å². The molecule has 3 N–H and O–H groups in total. The fourth-order valence-electron chi connectivity index (χ4n) is 3.99. The highest BCUT2D eigenvalue weighted by atomic mass is 31.2. The van der Waals surface area contributed by atoms with Crippen LogP contribution in [0.15, 0.2) is 24.7 Å². The van der Waals surface area contributed by atoms with Gasteiger partial charge in [0.25, 0.3) is 0 Å². The lowest BCUT2D eigenvalue weighted by Gasteiger charge is -2.03. The van der Waals surface area contributed by atoms with E-state index in [2.05, 4.69) is 63.9 Å². The highest BCUT2D eigenvalue weighted by Gasteiger charge is 2.00. The van der Waals surface area contributed by atoms with Crippen LogP contribution in [0.4, 0.5) is 0 Å². The largest absolute Gasteiger partial charge is 0.466 e. The summed E-state index contributed by atoms with van der Waals surface area (Å²) in [5.74, 6) is 0. The zero-order valence-electron chi connectivity index (χ0n) is 30.4. The van der Waals surface area contributed by atoms with Gasteiger partial charge in [0.1, 0.15) is 12.5 Å². The minimum atomic E-state index is -4.64. The molecule has 0 unspecified atom stereocenters. The average molecular weight is 739 g/mol. The van der Waals surface area contributed by atoms with Gasteiger partial charge < -0.3 is 24.5 Å². The van der Waals surface area contributed by atoms with Crippen molar-refractivity contribution in [3.8, 4) is 0 Å². The molecule has 0 bridgehead atoms. The van der Waals surface area contributed by atoms with Gasteiger partial charge in [-0.15, -0.1) is 0 Å². The maximum Gasteiger partial charge on any atom is 0.466 e. The van der Waals surface area contributed by atoms with Crippen molar-refractivity contribution in [2.75, 3.05) is 13.2 Å². The fraction of sp³-hybridized carbons (Fsp3) is 0.875. The van der Waals surface area contributed by atoms with Gasteiger partial charge in [-0.2, -0.15) is 0 Å². The van der Waals surface area contributed by atoms with Crippen molar-refractivity contribution in [3.63, 3.8) is 0 Å². The maximum absolute atomic E-state index is 8.88. The molecule has 0 aliphatic carbocycles. The lowest BCUT2D eigenvalue weighted by Crippen LogP contribution is -2.00. The SMILES string of the molecule is CC=COOOOOOCCCCCCCCCCCCC.CC=COOOOOOCCCCCCCCCCCCC.O=P(O)(O)O. The molecule has 0 atom stereocenters. The fourth-order valence-corrected chi connectivity index (χ4v) is 3.99. The van der Waals surface area contributed by atoms with E-state index in [-0.39, 0.29) is 0 Å². The van der Waals surface area contributed by atoms with Gasteiger partial charge >= 0.3 is 7.82 Å². The molecule has 17 heteroatoms. The molecule has 0 saturated carbocycles. The van der Waals surface area contributed by atoms with Gasteiger partial charge in [-0.3, -0.25) is 0 Å². The van der Waals surface area contributed by atoms with Crippen LogP contribution in [0, 0.1) is 0 Å². The second-order valence-corrected chi connectivity index (χ2v) is 11.9. The lowest BCUT2D eigenvalue weighted by molar-refractivity contribution is -0.751. The zero-order chi connectivity index (χ0) is 36.8. The molecule has 0 spiro atoms. The van der Waals surface area contributed by atoms with E-state index < -0.39 is 7.82 Å². The molecule has 0 rings (SSSR count). The van der Waals surface area contributed by atoms with Gasteiger partial charge in [0, 0.05) is 20.2 Å². The zero-order valence-corrected chi connectivity index (χ0v) is 31.3. The Morgan fingerprint density at radius 3 is 0.918 bits per heavy atom. The predicted octanol–water partition coefficient (Wildman–Crippen LogP) is 10.1. The molecule has 16 nitrogen and oxygen atoms in total. The average Bonchev–Trinajstić information content (AvgIpc) is 3.07. The topological polar surface area (TPSA) is 189 Å². The normalized spacial score (nSPS) is 11.4. The molecule has 0 aromatic carbocycles. The molecule has 0 aromatic rings. The van der Waals surface area contributed by atoms with Crippen LogP contribution in [0.2, 0.25) is 0 Å². The van der Waals surface area contributed by atoms with Crippen molar-refractivity contribution in [1.29, 1.82) is 0 Å². The monoisotopic (exact) mass is 738 g/mol. The summed E-state index contributed by atoms with van der Waals surface area (Å²) in [5.41, 5.74) is 0. The maximum atomic E-state index is 8.88. The molecule has 0 heterocycles. The number of allylic oxidation sites excluding steroid dienone is 2. The van der Waals surface area contributed by atoms with Crippen LogP contribution in [0.5, 0.6) is 0 Å². The van der Waals surface area contributed by atoms with Crippen LogP contribution >= 0.6 is 7.82 Å². The first kappa shape index (κ1) is 52.2. The predicted molar refractivity (Wildman–Crippen MR) is 180 cm³/mol. The summed E-state index contributed by atoms with van der Waals surface area (Å²) < 4.78 is 8.88. The first-order valence-electron chi connectivity index (χ1n) is 17.7. The van der Waals surface area contributed by atoms with E-state index >= 15 is 0 Å². The lowest BCUT2D eigenvalue weighted by atomic mass is 10.1. The van der Waals surface area contributed by atoms with E-state index in [1.54, 1.807) is 26.0 Å². The summed E-state index contributed by atoms with van der Waals surface area (Å²) >= 11 is 0. The van der Waals surface area contributed by atoms with Crippen LogP contribution in [-0.4, -0.2) is 27.9 Å². The Hall–Kier alpha value is -1.21. The molecular formula is C32H67O16P. The van der Waals surface area contributed by atoms with Gasteiger partial charge in [-0.25, -0.2) is 14.3 Å². The second-order valence-electron chi connectivity index (χ2n) is 10.9. The smallest absolute Gasteiger partial charge is 0.314 e. The Bertz CT molecular complexity index is 627. The van der Waals surface area contributed by atoms with Crippen molar-refractivity contribution in [1.82, 2.24) is 0 Å². The number of unbranched alkanes of at least 4 members (excludes halogenated alkanes) is 20. The Labute approximate surface area is 293 Å². The van der Waals surface area contributed by atoms with Crippen LogP contribution in [0.3, 0.4) is 0 Å². The minimum absolute atomic E-state index is 0.454. The quantitative estimate of drug-likeness (QED) is 0.0181. The molecular weight excluding hydrogens is 671 g/mol. The van der Waals surface area contributed by atoms with Crippen LogP contribution in [-0.2, 0) is 64.4 Å². The van der Waals surface area contributed by atoms with Crippen LogP contribution < -0.4 is 0 Å². The summed E-state index contributed by atoms with van der Waals surface area (Å²) in [4.78, 5) is 39.7. The first-order chi connectivity index (χ1) is 23.8. The number of rotatable bonds is 36. The van der Waals surface area contributed by atoms with E-state index in [0.717, 1.165) is 25.7 Å². The summed E-state index contributed by atoms with van der Waals surface area (Å²) in [7, 11) is -4.64. The number of hydrogen-bond donors (Lipinski definition) is 3. The summed E-state index contributed by atoms with van der Waals surface area (Å²) in [6.07, 6.45) is 34.1. The third-order valence-electron chi connectivity index (χ3n) is 6.39. The summed E-state index contributed by atoms with van der Waals surface area (Å²) in [6, 6.07) is 0. The number of hydrogen-bond acceptors (Lipinski definition) is 13. The van der Waals surface area contributed by atoms with Crippen LogP contribution in [0.1, 0.15) is 169 Å². The Balaban J connectivity index is -0.000000757. The highest BCUT2D eigenvalue weighted by Crippen LogP contribution is 2.25. The first-order valence-corrected chi connectivity index (χ1v) is 19.3. The third kappa shape index (κ3) is 69.4. The molecule has 296 valence electrons. The molecule has 0 amide bonds. The molecule has 0 fully saturated rings. The van der Waals surface area contributed by atoms with E-state index in [9.17, 15) is 0 Å². The van der Waals surface area contributed by atoms with E-state index in [1.165, 1.54) is 128 Å². The van der Waals surface area contributed by atoms with Crippen molar-refractivity contribution < 1.29 is 79.1 Å². The highest BCUT2D eigenvalue weighted by molar-refractivity contribution is 7.45. The molecule has 49 heavy (non-hydrogen) atoms. The van der Waals surface area contributed by atoms with Crippen molar-refractivity contribution in [3.05, 3.63) is 24.7 Å². The molecule has 0 aliphatic rings. The number of phosphoric acid groups is 1. The Morgan fingerprint density at radius 2 is 0.653 bits per heavy atom. The Kier molecular flexibility index (Phi) is 52.0. The molecule has 0 radical (unpaired) electrons. The van der Waals surface area contributed by atoms with E-state index in [1.807, 2.05) is 0 Å². The summed E-state index contributed by atoms with van der Waals surface area (Å²) in [5, 5.41) is 32.9. The molecule has 0 aliphatic heterocycles. The van der Waals surface area contributed by atoms with Crippen molar-refractivity contribution >= 4 is 7.82 Å². The third-order valence-corrected chi connectivity index (χ3v) is 6.39. The van der Waals surface area contributed by atoms with Crippen molar-refractivity contribution in [2.45, 2.75) is 169 Å². The Morgan fingerprint density at radius 1 is 0.408 bits per heavy atom. The van der Waals surface area contributed by atoms with E-state index in [0.29, 0.717) is 13.2 Å². The van der Waals surface area contributed by atoms with Gasteiger partial charge in [-0.05, 0) is 59.0 Å². The van der Waals surface area contributed by atoms with Crippen LogP contribution in [0.25, 0.3) is 0 Å². The summed E-state index contributed by atoms with van der Waals surface area (Å²) in [6.45, 7) is 8.93. The second kappa shape index (κ2) is 48.9. The molecule has 0 aromatic heterocycles. The minimum Gasteiger partial charge on any atom is -0.314 e. The standard InChI is InChI=1S/2C16H32O6.H3O4P/c2*1-3-5-6-7-8-9-10-11-12-13-14-16-18-20-22-21-19-17-15-4-2;1-5(2,3)4/h2*4,15H,3,5-14,16H2,1-2H3;(H3,1,2,3,4). The van der Waals surface area contributed by atoms with Gasteiger partial charge in [0.2, 0.25) is 0 Å².